The summed E-state index contributed by atoms with van der Waals surface area (Å²) in [6.45, 7) is 12.7. The maximum absolute atomic E-state index is 11.5. The topological polar surface area (TPSA) is 50.9 Å². The Kier molecular flexibility index (Phi) is 3.72. The summed E-state index contributed by atoms with van der Waals surface area (Å²) in [5.41, 5.74) is 1.46. The van der Waals surface area contributed by atoms with E-state index in [4.69, 9.17) is 0 Å². The van der Waals surface area contributed by atoms with Crippen molar-refractivity contribution in [1.82, 2.24) is 15.0 Å². The minimum atomic E-state index is -1.06. The van der Waals surface area contributed by atoms with Crippen molar-refractivity contribution in [2.45, 2.75) is 53.2 Å². The zero-order chi connectivity index (χ0) is 17.8. The van der Waals surface area contributed by atoms with E-state index in [9.17, 15) is 5.11 Å². The van der Waals surface area contributed by atoms with Crippen LogP contribution in [0.2, 0.25) is 0 Å². The molecule has 0 amide bonds. The first-order valence-corrected chi connectivity index (χ1v) is 8.48. The highest BCUT2D eigenvalue weighted by Gasteiger charge is 2.48. The molecule has 128 valence electrons. The predicted octanol–water partition coefficient (Wildman–Crippen LogP) is 4.29. The Labute approximate surface area is 143 Å². The molecule has 1 aromatic heterocycles. The first-order chi connectivity index (χ1) is 11.0. The molecule has 1 N–H and O–H groups in total. The molecule has 1 aromatic carbocycles. The molecule has 3 rings (SSSR count). The molecule has 2 unspecified atom stereocenters. The van der Waals surface area contributed by atoms with Gasteiger partial charge in [-0.3, -0.25) is 0 Å². The number of rotatable bonds is 1. The van der Waals surface area contributed by atoms with Gasteiger partial charge in [0.2, 0.25) is 0 Å². The van der Waals surface area contributed by atoms with E-state index in [1.165, 1.54) is 5.57 Å². The van der Waals surface area contributed by atoms with Crippen LogP contribution in [-0.4, -0.2) is 25.7 Å². The number of allylic oxidation sites excluding steroid dienone is 2. The second kappa shape index (κ2) is 5.28. The summed E-state index contributed by atoms with van der Waals surface area (Å²) in [4.78, 5) is 1.67. The summed E-state index contributed by atoms with van der Waals surface area (Å²) in [6, 6.07) is 7.46. The third-order valence-electron chi connectivity index (χ3n) is 4.92. The summed E-state index contributed by atoms with van der Waals surface area (Å²) >= 11 is 0. The largest absolute Gasteiger partial charge is 0.383 e. The molecule has 4 heteroatoms. The van der Waals surface area contributed by atoms with Gasteiger partial charge >= 0.3 is 0 Å². The molecule has 1 aliphatic rings. The lowest BCUT2D eigenvalue weighted by molar-refractivity contribution is -0.0513. The molecule has 0 bridgehead atoms. The zero-order valence-corrected chi connectivity index (χ0v) is 15.4. The van der Waals surface area contributed by atoms with Crippen molar-refractivity contribution in [3.63, 3.8) is 0 Å². The molecule has 24 heavy (non-hydrogen) atoms. The van der Waals surface area contributed by atoms with Gasteiger partial charge in [-0.1, -0.05) is 65.8 Å². The molecule has 1 heterocycles. The highest BCUT2D eigenvalue weighted by Crippen LogP contribution is 2.45. The standard InChI is InChI=1S/C20H27N3O/c1-18(2,3)14-11-12-20(24,19(4,5)6)17(13-14)23-21-15-9-7-8-10-16(15)22-23/h7-13,17,24H,1-6H3. The SMILES string of the molecule is CC(C)(C)C1=CC(n2nc3ccccc3n2)C(O)(C(C)(C)C)C=C1. The van der Waals surface area contributed by atoms with Crippen LogP contribution in [0.4, 0.5) is 0 Å². The zero-order valence-electron chi connectivity index (χ0n) is 15.4. The van der Waals surface area contributed by atoms with Crippen molar-refractivity contribution < 1.29 is 5.11 Å². The van der Waals surface area contributed by atoms with Gasteiger partial charge in [-0.15, -0.1) is 0 Å². The van der Waals surface area contributed by atoms with Gasteiger partial charge in [-0.05, 0) is 34.6 Å². The number of aromatic nitrogens is 3. The van der Waals surface area contributed by atoms with Crippen LogP contribution in [0, 0.1) is 10.8 Å². The Morgan fingerprint density at radius 3 is 2.00 bits per heavy atom. The van der Waals surface area contributed by atoms with E-state index in [0.717, 1.165) is 11.0 Å². The maximum Gasteiger partial charge on any atom is 0.123 e. The lowest BCUT2D eigenvalue weighted by Gasteiger charge is -2.45. The molecule has 0 fully saturated rings. The molecule has 2 atom stereocenters. The smallest absolute Gasteiger partial charge is 0.123 e. The highest BCUT2D eigenvalue weighted by atomic mass is 16.3. The van der Waals surface area contributed by atoms with Gasteiger partial charge < -0.3 is 5.11 Å². The molecular formula is C20H27N3O. The molecule has 0 saturated carbocycles. The van der Waals surface area contributed by atoms with Crippen molar-refractivity contribution in [3.05, 3.63) is 48.1 Å². The molecule has 0 spiro atoms. The fourth-order valence-corrected chi connectivity index (χ4v) is 3.11. The van der Waals surface area contributed by atoms with E-state index < -0.39 is 5.60 Å². The van der Waals surface area contributed by atoms with E-state index in [-0.39, 0.29) is 16.9 Å². The van der Waals surface area contributed by atoms with Gasteiger partial charge in [-0.25, -0.2) is 0 Å². The molecular weight excluding hydrogens is 298 g/mol. The van der Waals surface area contributed by atoms with Crippen LogP contribution in [0.5, 0.6) is 0 Å². The summed E-state index contributed by atoms with van der Waals surface area (Å²) in [7, 11) is 0. The Balaban J connectivity index is 2.17. The normalized spacial score (nSPS) is 25.1. The van der Waals surface area contributed by atoms with E-state index in [1.807, 2.05) is 57.2 Å². The van der Waals surface area contributed by atoms with Crippen molar-refractivity contribution in [1.29, 1.82) is 0 Å². The third-order valence-corrected chi connectivity index (χ3v) is 4.92. The monoisotopic (exact) mass is 325 g/mol. The van der Waals surface area contributed by atoms with Gasteiger partial charge in [-0.2, -0.15) is 15.0 Å². The molecule has 0 saturated heterocycles. The first kappa shape index (κ1) is 16.9. The van der Waals surface area contributed by atoms with Crippen molar-refractivity contribution in [2.24, 2.45) is 10.8 Å². The molecule has 1 aliphatic carbocycles. The second-order valence-electron chi connectivity index (χ2n) is 8.73. The number of aliphatic hydroxyl groups is 1. The number of hydrogen-bond donors (Lipinski definition) is 1. The maximum atomic E-state index is 11.5. The highest BCUT2D eigenvalue weighted by molar-refractivity contribution is 5.73. The van der Waals surface area contributed by atoms with E-state index in [0.29, 0.717) is 0 Å². The van der Waals surface area contributed by atoms with Crippen LogP contribution in [0.3, 0.4) is 0 Å². The van der Waals surface area contributed by atoms with Crippen molar-refractivity contribution in [2.75, 3.05) is 0 Å². The van der Waals surface area contributed by atoms with Crippen LogP contribution in [0.1, 0.15) is 47.6 Å². The summed E-state index contributed by atoms with van der Waals surface area (Å²) < 4.78 is 0. The van der Waals surface area contributed by atoms with Gasteiger partial charge in [0.1, 0.15) is 22.7 Å². The van der Waals surface area contributed by atoms with Gasteiger partial charge in [0.05, 0.1) is 0 Å². The predicted molar refractivity (Wildman–Crippen MR) is 97.6 cm³/mol. The van der Waals surface area contributed by atoms with Gasteiger partial charge in [0.15, 0.2) is 0 Å². The van der Waals surface area contributed by atoms with E-state index in [1.54, 1.807) is 4.80 Å². The Morgan fingerprint density at radius 2 is 1.54 bits per heavy atom. The van der Waals surface area contributed by atoms with Crippen LogP contribution < -0.4 is 0 Å². The van der Waals surface area contributed by atoms with Crippen LogP contribution in [0.25, 0.3) is 11.0 Å². The van der Waals surface area contributed by atoms with E-state index >= 15 is 0 Å². The van der Waals surface area contributed by atoms with Crippen molar-refractivity contribution in [3.8, 4) is 0 Å². The average Bonchev–Trinajstić information content (AvgIpc) is 2.88. The Hall–Kier alpha value is -1.94. The average molecular weight is 325 g/mol. The van der Waals surface area contributed by atoms with Crippen LogP contribution in [0.15, 0.2) is 48.1 Å². The van der Waals surface area contributed by atoms with Crippen molar-refractivity contribution >= 4 is 11.0 Å². The number of fused-ring (bicyclic) bond motifs is 1. The first-order valence-electron chi connectivity index (χ1n) is 8.48. The number of benzene rings is 1. The second-order valence-corrected chi connectivity index (χ2v) is 8.73. The summed E-state index contributed by atoms with van der Waals surface area (Å²) in [5, 5.41) is 20.8. The fraction of sp³-hybridized carbons (Fsp3) is 0.500. The number of nitrogens with zero attached hydrogens (tertiary/aromatic N) is 3. The Morgan fingerprint density at radius 1 is 1.00 bits per heavy atom. The Bertz CT molecular complexity index is 784. The summed E-state index contributed by atoms with van der Waals surface area (Å²) in [5.74, 6) is 0. The summed E-state index contributed by atoms with van der Waals surface area (Å²) in [6.07, 6.45) is 6.08. The fourth-order valence-electron chi connectivity index (χ4n) is 3.11. The number of hydrogen-bond acceptors (Lipinski definition) is 3. The minimum absolute atomic E-state index is 0.000535. The minimum Gasteiger partial charge on any atom is -0.383 e. The molecule has 0 aliphatic heterocycles. The molecule has 0 radical (unpaired) electrons. The lowest BCUT2D eigenvalue weighted by atomic mass is 9.67. The lowest BCUT2D eigenvalue weighted by Crippen LogP contribution is -2.50. The van der Waals surface area contributed by atoms with E-state index in [2.05, 4.69) is 37.0 Å². The quantitative estimate of drug-likeness (QED) is 0.851. The molecule has 2 aromatic rings. The molecule has 4 nitrogen and oxygen atoms in total. The van der Waals surface area contributed by atoms with Crippen LogP contribution >= 0.6 is 0 Å². The van der Waals surface area contributed by atoms with Gasteiger partial charge in [0.25, 0.3) is 0 Å². The van der Waals surface area contributed by atoms with Gasteiger partial charge in [0, 0.05) is 0 Å². The van der Waals surface area contributed by atoms with Crippen LogP contribution in [-0.2, 0) is 0 Å². The third kappa shape index (κ3) is 2.69.